The Morgan fingerprint density at radius 2 is 1.80 bits per heavy atom. The largest absolute Gasteiger partial charge is 0.367 e. The summed E-state index contributed by atoms with van der Waals surface area (Å²) in [5, 5.41) is 0. The van der Waals surface area contributed by atoms with Gasteiger partial charge in [0.15, 0.2) is 5.78 Å². The quantitative estimate of drug-likeness (QED) is 0.591. The molecule has 0 aromatic heterocycles. The molecule has 0 N–H and O–H groups in total. The van der Waals surface area contributed by atoms with Gasteiger partial charge in [0.05, 0.1) is 0 Å². The van der Waals surface area contributed by atoms with Crippen LogP contribution < -0.4 is 0 Å². The first-order chi connectivity index (χ1) is 9.59. The van der Waals surface area contributed by atoms with Gasteiger partial charge in [0.25, 0.3) is 0 Å². The summed E-state index contributed by atoms with van der Waals surface area (Å²) < 4.78 is 6.00. The van der Waals surface area contributed by atoms with E-state index in [4.69, 9.17) is 4.74 Å². The lowest BCUT2D eigenvalue weighted by Gasteiger charge is -2.31. The number of carbonyl (C=O) groups excluding carboxylic acids is 1. The summed E-state index contributed by atoms with van der Waals surface area (Å²) in [7, 11) is 0. The van der Waals surface area contributed by atoms with Crippen LogP contribution in [0.2, 0.25) is 0 Å². The van der Waals surface area contributed by atoms with Crippen molar-refractivity contribution in [3.05, 3.63) is 34.9 Å². The third kappa shape index (κ3) is 3.12. The molecule has 0 saturated heterocycles. The van der Waals surface area contributed by atoms with E-state index in [2.05, 4.69) is 13.0 Å². The van der Waals surface area contributed by atoms with Gasteiger partial charge in [-0.05, 0) is 39.2 Å². The van der Waals surface area contributed by atoms with Crippen LogP contribution in [0.5, 0.6) is 0 Å². The Labute approximate surface area is 122 Å². The number of aryl methyl sites for hydroxylation is 2. The summed E-state index contributed by atoms with van der Waals surface area (Å²) in [5.41, 5.74) is 2.53. The second kappa shape index (κ2) is 6.53. The summed E-state index contributed by atoms with van der Waals surface area (Å²) in [6, 6.07) is 6.08. The molecule has 0 radical (unpaired) electrons. The van der Waals surface area contributed by atoms with Gasteiger partial charge in [-0.25, -0.2) is 0 Å². The topological polar surface area (TPSA) is 26.3 Å². The van der Waals surface area contributed by atoms with E-state index in [1.807, 2.05) is 26.0 Å². The standard InChI is InChI=1S/C18H26O2/c1-4-20-18(11-7-5-6-8-12-18)17(19)16-10-9-14(2)13-15(16)3/h9-10,13H,4-8,11-12H2,1-3H3. The van der Waals surface area contributed by atoms with Crippen molar-refractivity contribution in [2.24, 2.45) is 0 Å². The van der Waals surface area contributed by atoms with Crippen LogP contribution in [0.25, 0.3) is 0 Å². The molecule has 1 aromatic carbocycles. The van der Waals surface area contributed by atoms with Crippen LogP contribution in [0, 0.1) is 13.8 Å². The monoisotopic (exact) mass is 274 g/mol. The molecule has 2 rings (SSSR count). The highest BCUT2D eigenvalue weighted by molar-refractivity contribution is 6.03. The van der Waals surface area contributed by atoms with Gasteiger partial charge in [-0.3, -0.25) is 4.79 Å². The lowest BCUT2D eigenvalue weighted by atomic mass is 9.84. The van der Waals surface area contributed by atoms with Crippen molar-refractivity contribution in [3.63, 3.8) is 0 Å². The second-order valence-electron chi connectivity index (χ2n) is 5.99. The van der Waals surface area contributed by atoms with Crippen molar-refractivity contribution >= 4 is 5.78 Å². The highest BCUT2D eigenvalue weighted by Gasteiger charge is 2.40. The molecule has 0 unspecified atom stereocenters. The normalized spacial score (nSPS) is 18.6. The molecule has 0 bridgehead atoms. The van der Waals surface area contributed by atoms with Crippen LogP contribution in [-0.2, 0) is 4.74 Å². The van der Waals surface area contributed by atoms with Crippen molar-refractivity contribution in [1.82, 2.24) is 0 Å². The molecule has 0 heterocycles. The first-order valence-electron chi connectivity index (χ1n) is 7.85. The molecular weight excluding hydrogens is 248 g/mol. The van der Waals surface area contributed by atoms with E-state index >= 15 is 0 Å². The highest BCUT2D eigenvalue weighted by Crippen LogP contribution is 2.34. The Bertz CT molecular complexity index is 468. The van der Waals surface area contributed by atoms with Gasteiger partial charge in [0.2, 0.25) is 0 Å². The average Bonchev–Trinajstić information content (AvgIpc) is 2.65. The van der Waals surface area contributed by atoms with E-state index in [1.165, 1.54) is 18.4 Å². The van der Waals surface area contributed by atoms with E-state index in [9.17, 15) is 4.79 Å². The van der Waals surface area contributed by atoms with Crippen molar-refractivity contribution in [1.29, 1.82) is 0 Å². The van der Waals surface area contributed by atoms with E-state index in [0.717, 1.165) is 36.8 Å². The molecule has 20 heavy (non-hydrogen) atoms. The lowest BCUT2D eigenvalue weighted by Crippen LogP contribution is -2.41. The maximum absolute atomic E-state index is 13.1. The summed E-state index contributed by atoms with van der Waals surface area (Å²) in [6.45, 7) is 6.68. The van der Waals surface area contributed by atoms with Gasteiger partial charge in [-0.15, -0.1) is 0 Å². The number of rotatable bonds is 4. The number of carbonyl (C=O) groups is 1. The predicted molar refractivity (Wildman–Crippen MR) is 82.3 cm³/mol. The van der Waals surface area contributed by atoms with Crippen molar-refractivity contribution in [3.8, 4) is 0 Å². The van der Waals surface area contributed by atoms with Crippen LogP contribution in [-0.4, -0.2) is 18.0 Å². The van der Waals surface area contributed by atoms with E-state index < -0.39 is 5.60 Å². The molecule has 1 aromatic rings. The number of ketones is 1. The number of Topliss-reactive ketones (excluding diaryl/α,β-unsaturated/α-hetero) is 1. The Balaban J connectivity index is 2.34. The first kappa shape index (κ1) is 15.2. The third-order valence-corrected chi connectivity index (χ3v) is 4.37. The summed E-state index contributed by atoms with van der Waals surface area (Å²) in [4.78, 5) is 13.1. The van der Waals surface area contributed by atoms with Gasteiger partial charge in [-0.2, -0.15) is 0 Å². The fraction of sp³-hybridized carbons (Fsp3) is 0.611. The number of ether oxygens (including phenoxy) is 1. The molecule has 0 spiro atoms. The molecule has 1 fully saturated rings. The Hall–Kier alpha value is -1.15. The molecule has 1 aliphatic carbocycles. The lowest BCUT2D eigenvalue weighted by molar-refractivity contribution is -0.0292. The molecular formula is C18H26O2. The minimum absolute atomic E-state index is 0.193. The van der Waals surface area contributed by atoms with Crippen LogP contribution in [0.1, 0.15) is 66.9 Å². The van der Waals surface area contributed by atoms with E-state index in [0.29, 0.717) is 6.61 Å². The Morgan fingerprint density at radius 1 is 1.15 bits per heavy atom. The molecule has 2 nitrogen and oxygen atoms in total. The van der Waals surface area contributed by atoms with Crippen molar-refractivity contribution < 1.29 is 9.53 Å². The van der Waals surface area contributed by atoms with Gasteiger partial charge >= 0.3 is 0 Å². The third-order valence-electron chi connectivity index (χ3n) is 4.37. The molecule has 0 amide bonds. The first-order valence-corrected chi connectivity index (χ1v) is 7.85. The summed E-state index contributed by atoms with van der Waals surface area (Å²) >= 11 is 0. The number of hydrogen-bond donors (Lipinski definition) is 0. The van der Waals surface area contributed by atoms with Crippen LogP contribution >= 0.6 is 0 Å². The maximum Gasteiger partial charge on any atom is 0.194 e. The van der Waals surface area contributed by atoms with Crippen molar-refractivity contribution in [2.75, 3.05) is 6.61 Å². The molecule has 2 heteroatoms. The van der Waals surface area contributed by atoms with Gasteiger partial charge in [0, 0.05) is 12.2 Å². The fourth-order valence-electron chi connectivity index (χ4n) is 3.33. The molecule has 1 aliphatic rings. The molecule has 1 saturated carbocycles. The zero-order chi connectivity index (χ0) is 14.6. The summed E-state index contributed by atoms with van der Waals surface area (Å²) in [6.07, 6.45) is 6.36. The molecule has 0 aliphatic heterocycles. The molecule has 110 valence electrons. The minimum Gasteiger partial charge on any atom is -0.367 e. The van der Waals surface area contributed by atoms with Gasteiger partial charge < -0.3 is 4.74 Å². The summed E-state index contributed by atoms with van der Waals surface area (Å²) in [5.74, 6) is 0.193. The second-order valence-corrected chi connectivity index (χ2v) is 5.99. The van der Waals surface area contributed by atoms with Crippen LogP contribution in [0.4, 0.5) is 0 Å². The van der Waals surface area contributed by atoms with Crippen LogP contribution in [0.3, 0.4) is 0 Å². The van der Waals surface area contributed by atoms with Gasteiger partial charge in [-0.1, -0.05) is 49.4 Å². The predicted octanol–water partition coefficient (Wildman–Crippen LogP) is 4.62. The smallest absolute Gasteiger partial charge is 0.194 e. The van der Waals surface area contributed by atoms with Gasteiger partial charge in [0.1, 0.15) is 5.60 Å². The fourth-order valence-corrected chi connectivity index (χ4v) is 3.33. The maximum atomic E-state index is 13.1. The minimum atomic E-state index is -0.578. The average molecular weight is 274 g/mol. The number of hydrogen-bond acceptors (Lipinski definition) is 2. The van der Waals surface area contributed by atoms with Crippen molar-refractivity contribution in [2.45, 2.75) is 64.9 Å². The Morgan fingerprint density at radius 3 is 2.35 bits per heavy atom. The molecule has 0 atom stereocenters. The zero-order valence-electron chi connectivity index (χ0n) is 13.0. The zero-order valence-corrected chi connectivity index (χ0v) is 13.0. The Kier molecular flexibility index (Phi) is 4.98. The van der Waals surface area contributed by atoms with Crippen LogP contribution in [0.15, 0.2) is 18.2 Å². The van der Waals surface area contributed by atoms with E-state index in [-0.39, 0.29) is 5.78 Å². The SMILES string of the molecule is CCOC1(C(=O)c2ccc(C)cc2C)CCCCCC1. The number of benzene rings is 1. The highest BCUT2D eigenvalue weighted by atomic mass is 16.5. The van der Waals surface area contributed by atoms with E-state index in [1.54, 1.807) is 0 Å².